The number of cyclic esters (lactones) is 1. The number of thioether (sulfide) groups is 1. The Morgan fingerprint density at radius 1 is 0.831 bits per heavy atom. The topological polar surface area (TPSA) is 240 Å². The lowest BCUT2D eigenvalue weighted by molar-refractivity contribution is -0.265. The van der Waals surface area contributed by atoms with Crippen molar-refractivity contribution in [1.29, 1.82) is 0 Å². The molecule has 2 amide bonds. The molecule has 0 radical (unpaired) electrons. The maximum atomic E-state index is 14.8. The summed E-state index contributed by atoms with van der Waals surface area (Å²) < 4.78 is 41.7. The molecule has 2 aromatic carbocycles. The molecule has 6 rings (SSSR count). The van der Waals surface area contributed by atoms with Crippen molar-refractivity contribution in [3.8, 4) is 0 Å². The van der Waals surface area contributed by atoms with E-state index in [2.05, 4.69) is 5.32 Å². The molecular weight excluding hydrogens is 1180 g/mol. The first kappa shape index (κ1) is 72.6. The number of hydrogen-bond donors (Lipinski definition) is 3. The Kier molecular flexibility index (Phi) is 28.8. The molecule has 10 unspecified atom stereocenters. The molecule has 1 saturated carbocycles. The van der Waals surface area contributed by atoms with E-state index in [1.54, 1.807) is 65.1 Å². The molecule has 3 heterocycles. The van der Waals surface area contributed by atoms with Crippen molar-refractivity contribution >= 4 is 64.7 Å². The van der Waals surface area contributed by atoms with E-state index in [1.165, 1.54) is 30.9 Å². The molecule has 490 valence electrons. The molecule has 1 aliphatic carbocycles. The van der Waals surface area contributed by atoms with Gasteiger partial charge < -0.3 is 53.6 Å². The summed E-state index contributed by atoms with van der Waals surface area (Å²) in [5, 5.41) is 27.0. The number of rotatable bonds is 15. The number of Topliss-reactive ketones (excluding diaryl/α,β-unsaturated/α-hetero) is 3. The highest BCUT2D eigenvalue weighted by atomic mass is 35.5. The molecular formula is C69H95ClN2O16S. The SMILES string of the molecule is COC1CC2CC[C@@H](C)[C@@](O)(O2)C(=O)C(=O)N2CCCC[C@H]2C(=O)OC(C(C)CC2CC[C@@H](OC(=O)NC(CSCc3ccccc3)C(=O)OCc3ccc(Cl)cc3)C(OC)C2)CC(=O)C(C)/C=C(\C)[C@@H](O)C(OC)C(=O)[C@H](C)CC(C)/C=C/C=C/C=C/1C. The van der Waals surface area contributed by atoms with Crippen molar-refractivity contribution in [3.63, 3.8) is 0 Å². The zero-order valence-corrected chi connectivity index (χ0v) is 55.0. The number of nitrogens with one attached hydrogen (secondary N) is 1. The maximum Gasteiger partial charge on any atom is 0.408 e. The van der Waals surface area contributed by atoms with Crippen molar-refractivity contribution < 1.29 is 76.9 Å². The van der Waals surface area contributed by atoms with Crippen LogP contribution in [0.2, 0.25) is 5.02 Å². The lowest BCUT2D eigenvalue weighted by Gasteiger charge is -2.42. The number of hydrogen-bond acceptors (Lipinski definition) is 17. The number of carbonyl (C=O) groups excluding carboxylic acids is 7. The van der Waals surface area contributed by atoms with Gasteiger partial charge in [0.2, 0.25) is 5.79 Å². The van der Waals surface area contributed by atoms with E-state index in [-0.39, 0.29) is 61.6 Å². The second kappa shape index (κ2) is 35.3. The number of ether oxygens (including phenoxy) is 7. The van der Waals surface area contributed by atoms with Gasteiger partial charge in [-0.2, -0.15) is 11.8 Å². The number of esters is 2. The van der Waals surface area contributed by atoms with Crippen LogP contribution in [0.25, 0.3) is 0 Å². The zero-order chi connectivity index (χ0) is 65.0. The van der Waals surface area contributed by atoms with Crippen LogP contribution < -0.4 is 5.32 Å². The van der Waals surface area contributed by atoms with E-state index in [0.717, 1.165) is 16.7 Å². The third-order valence-electron chi connectivity index (χ3n) is 18.0. The summed E-state index contributed by atoms with van der Waals surface area (Å²) in [7, 11) is 4.46. The zero-order valence-electron chi connectivity index (χ0n) is 53.5. The summed E-state index contributed by atoms with van der Waals surface area (Å²) >= 11 is 7.52. The first-order valence-corrected chi connectivity index (χ1v) is 33.0. The van der Waals surface area contributed by atoms with Crippen LogP contribution >= 0.6 is 23.4 Å². The fourth-order valence-corrected chi connectivity index (χ4v) is 13.5. The van der Waals surface area contributed by atoms with E-state index in [0.29, 0.717) is 74.1 Å². The molecule has 16 atom stereocenters. The summed E-state index contributed by atoms with van der Waals surface area (Å²) in [5.41, 5.74) is 2.97. The van der Waals surface area contributed by atoms with Gasteiger partial charge in [-0.15, -0.1) is 0 Å². The highest BCUT2D eigenvalue weighted by Gasteiger charge is 2.53. The number of methoxy groups -OCH3 is 3. The molecule has 89 heavy (non-hydrogen) atoms. The van der Waals surface area contributed by atoms with E-state index in [1.807, 2.05) is 81.5 Å². The number of fused-ring (bicyclic) bond motifs is 3. The standard InChI is InChI=1S/C69H95ClN2O16S/c1-42-19-13-11-14-20-43(2)58(82-8)37-53-30-24-48(7)69(81,88-53)64(76)65(77)72-32-18-17-23-55(72)67(79)86-59(38-56(73)44(3)34-47(6)62(75)63(84-10)61(74)46(5)33-42)45(4)35-51-27-31-57(60(36-51)83-9)87-68(80)71-54(41-89-40-50-21-15-12-16-22-50)66(78)85-39-49-25-28-52(70)29-26-49/h11-16,19-22,25-26,28-29,34,42,44-46,48,51,53-55,57-60,62-63,75,81H,17-18,23-24,27,30-33,35-41H2,1-10H3,(H,71,80)/b14-11+,19-13+,43-20+,47-34+/t42?,44?,45?,46-,48-,51?,53?,54?,55+,57-,58?,59?,60?,62-,63?,69-/m1/s1. The summed E-state index contributed by atoms with van der Waals surface area (Å²) in [4.78, 5) is 101. The van der Waals surface area contributed by atoms with Gasteiger partial charge in [-0.05, 0) is 130 Å². The highest BCUT2D eigenvalue weighted by Crippen LogP contribution is 2.38. The van der Waals surface area contributed by atoms with Gasteiger partial charge in [0.15, 0.2) is 5.78 Å². The number of ketones is 3. The van der Waals surface area contributed by atoms with Crippen molar-refractivity contribution in [2.75, 3.05) is 33.6 Å². The van der Waals surface area contributed by atoms with E-state index in [9.17, 15) is 43.8 Å². The maximum absolute atomic E-state index is 14.8. The minimum atomic E-state index is -2.49. The third kappa shape index (κ3) is 21.0. The molecule has 3 N–H and O–H groups in total. The minimum absolute atomic E-state index is 0.0184. The molecule has 3 aliphatic heterocycles. The van der Waals surface area contributed by atoms with E-state index < -0.39 is 114 Å². The van der Waals surface area contributed by atoms with Crippen LogP contribution in [-0.2, 0) is 74.3 Å². The highest BCUT2D eigenvalue weighted by molar-refractivity contribution is 7.98. The summed E-state index contributed by atoms with van der Waals surface area (Å²) in [6.07, 6.45) is 8.62. The van der Waals surface area contributed by atoms with Crippen molar-refractivity contribution in [3.05, 3.63) is 118 Å². The quantitative estimate of drug-likeness (QED) is 0.0650. The smallest absolute Gasteiger partial charge is 0.408 e. The number of aliphatic hydroxyl groups excluding tert-OH is 1. The number of alkyl carbamates (subject to hydrolysis) is 1. The average molecular weight is 1280 g/mol. The van der Waals surface area contributed by atoms with Gasteiger partial charge in [-0.1, -0.05) is 125 Å². The summed E-state index contributed by atoms with van der Waals surface area (Å²) in [5.74, 6) is -8.64. The Hall–Kier alpha value is -5.51. The van der Waals surface area contributed by atoms with E-state index in [4.69, 9.17) is 44.8 Å². The predicted molar refractivity (Wildman–Crippen MR) is 340 cm³/mol. The predicted octanol–water partition coefficient (Wildman–Crippen LogP) is 10.6. The van der Waals surface area contributed by atoms with Crippen LogP contribution in [0.5, 0.6) is 0 Å². The molecule has 2 aromatic rings. The van der Waals surface area contributed by atoms with Crippen LogP contribution in [0.4, 0.5) is 4.79 Å². The summed E-state index contributed by atoms with van der Waals surface area (Å²) in [6, 6.07) is 14.4. The second-order valence-electron chi connectivity index (χ2n) is 24.9. The largest absolute Gasteiger partial charge is 0.460 e. The molecule has 0 aromatic heterocycles. The lowest BCUT2D eigenvalue weighted by atomic mass is 9.78. The molecule has 18 nitrogen and oxygen atoms in total. The molecule has 4 aliphatic rings. The normalized spacial score (nSPS) is 32.8. The number of piperidine rings is 1. The van der Waals surface area contributed by atoms with Gasteiger partial charge in [0.1, 0.15) is 48.9 Å². The first-order valence-electron chi connectivity index (χ1n) is 31.4. The minimum Gasteiger partial charge on any atom is -0.460 e. The Morgan fingerprint density at radius 2 is 1.56 bits per heavy atom. The van der Waals surface area contributed by atoms with E-state index >= 15 is 0 Å². The van der Waals surface area contributed by atoms with Gasteiger partial charge in [-0.25, -0.2) is 14.4 Å². The number of aliphatic hydroxyl groups is 2. The van der Waals surface area contributed by atoms with Crippen LogP contribution in [-0.4, -0.2) is 151 Å². The fraction of sp³-hybridized carbons (Fsp3) is 0.609. The number of halogens is 1. The van der Waals surface area contributed by atoms with Gasteiger partial charge in [0.05, 0.1) is 18.3 Å². The Balaban J connectivity index is 1.22. The Bertz CT molecular complexity index is 2810. The monoisotopic (exact) mass is 1270 g/mol. The number of carbonyl (C=O) groups is 7. The average Bonchev–Trinajstić information content (AvgIpc) is 1.65. The van der Waals surface area contributed by atoms with Gasteiger partial charge >= 0.3 is 18.0 Å². The Labute approximate surface area is 535 Å². The number of nitrogens with zero attached hydrogens (tertiary/aromatic N) is 1. The fourth-order valence-electron chi connectivity index (χ4n) is 12.4. The van der Waals surface area contributed by atoms with Crippen LogP contribution in [0.1, 0.15) is 137 Å². The van der Waals surface area contributed by atoms with Crippen molar-refractivity contribution in [2.45, 2.75) is 198 Å². The molecule has 2 saturated heterocycles. The Morgan fingerprint density at radius 3 is 2.26 bits per heavy atom. The van der Waals surface area contributed by atoms with Crippen LogP contribution in [0.15, 0.2) is 102 Å². The van der Waals surface area contributed by atoms with Crippen LogP contribution in [0.3, 0.4) is 0 Å². The van der Waals surface area contributed by atoms with Gasteiger partial charge in [0.25, 0.3) is 11.7 Å². The van der Waals surface area contributed by atoms with Gasteiger partial charge in [0, 0.05) is 75.0 Å². The van der Waals surface area contributed by atoms with Crippen molar-refractivity contribution in [1.82, 2.24) is 10.2 Å². The third-order valence-corrected chi connectivity index (χ3v) is 19.3. The number of benzene rings is 2. The second-order valence-corrected chi connectivity index (χ2v) is 26.4. The summed E-state index contributed by atoms with van der Waals surface area (Å²) in [6.45, 7) is 12.5. The number of amides is 2. The molecule has 3 fully saturated rings. The van der Waals surface area contributed by atoms with Gasteiger partial charge in [-0.3, -0.25) is 19.2 Å². The lowest BCUT2D eigenvalue weighted by Crippen LogP contribution is -2.61. The molecule has 2 bridgehead atoms. The van der Waals surface area contributed by atoms with Crippen molar-refractivity contribution in [2.24, 2.45) is 35.5 Å². The molecule has 0 spiro atoms. The van der Waals surface area contributed by atoms with Crippen LogP contribution in [0, 0.1) is 35.5 Å². The number of allylic oxidation sites excluding steroid dienone is 6. The molecule has 20 heteroatoms. The first-order chi connectivity index (χ1) is 42.5.